The van der Waals surface area contributed by atoms with E-state index in [0.29, 0.717) is 5.82 Å². The first-order valence-electron chi connectivity index (χ1n) is 22.8. The SMILES string of the molecule is Cc1cccc(C)c1-c1ncnc2c1N(C)[CH-]N2c1[c-]cccc1.Cc1ccccc1-c1ncc2c(n1)N(C)[CH-]N2c1[c-]cccc1.Cc1cnccc1-c1ncc2c(n1)N(C)[CH-]N2c1[c-]cccc1.[Ir].[Ir].[Ir]. The zero-order valence-corrected chi connectivity index (χ0v) is 48.2. The van der Waals surface area contributed by atoms with E-state index in [1.54, 1.807) is 12.5 Å². The molecule has 16 heteroatoms. The molecule has 375 valence electrons. The van der Waals surface area contributed by atoms with Gasteiger partial charge in [0.2, 0.25) is 0 Å². The van der Waals surface area contributed by atoms with E-state index in [4.69, 9.17) is 9.97 Å². The molecule has 0 spiro atoms. The number of fused-ring (bicyclic) bond motifs is 3. The topological polar surface area (TPSA) is 110 Å². The van der Waals surface area contributed by atoms with Crippen LogP contribution in [-0.4, -0.2) is 56.0 Å². The van der Waals surface area contributed by atoms with Crippen LogP contribution in [0.1, 0.15) is 22.3 Å². The molecular weight excluding hydrogens is 1440 g/mol. The minimum atomic E-state index is 0. The summed E-state index contributed by atoms with van der Waals surface area (Å²) in [5.41, 5.74) is 14.7. The molecule has 0 aliphatic carbocycles. The van der Waals surface area contributed by atoms with Crippen LogP contribution in [0.5, 0.6) is 0 Å². The second-order valence-corrected chi connectivity index (χ2v) is 17.0. The number of rotatable bonds is 6. The molecule has 3 radical (unpaired) electrons. The Bertz CT molecular complexity index is 3130. The molecule has 5 aromatic carbocycles. The minimum absolute atomic E-state index is 0. The molecular formula is C57H49Ir3N13-6. The Balaban J connectivity index is 0.000000157. The summed E-state index contributed by atoms with van der Waals surface area (Å²) >= 11 is 0. The molecule has 0 N–H and O–H groups in total. The fourth-order valence-corrected chi connectivity index (χ4v) is 8.67. The van der Waals surface area contributed by atoms with Crippen molar-refractivity contribution in [3.8, 4) is 34.0 Å². The fraction of sp³-hybridized carbons (Fsp3) is 0.123. The van der Waals surface area contributed by atoms with Gasteiger partial charge in [0.25, 0.3) is 0 Å². The largest absolute Gasteiger partial charge is 0.501 e. The Hall–Kier alpha value is -6.76. The molecule has 3 aliphatic heterocycles. The molecule has 0 fully saturated rings. The third-order valence-corrected chi connectivity index (χ3v) is 12.2. The summed E-state index contributed by atoms with van der Waals surface area (Å²) < 4.78 is 0. The van der Waals surface area contributed by atoms with Crippen molar-refractivity contribution >= 4 is 51.6 Å². The standard InChI is InChI=1S/C20H18N4.C19H16N4.C18H15N5.3Ir/c1-14-8-7-9-15(2)17(14)18-19-20(22-12-21-18)24(13-23(19)3)16-10-5-4-6-11-16;1-14-8-6-7-11-16(14)18-20-12-17-19(21-18)22(2)13-23(17)15-9-4-3-5-10-15;1-13-10-19-9-8-15(13)17-20-11-16-18(21-17)22(2)12-23(16)14-6-4-3-5-7-14;;;/h4-10,12-13H,1-3H3;3-9,11-13H,1-2H3;3-6,8-12H,1-2H3;;;/q3*-2;;;. The van der Waals surface area contributed by atoms with E-state index in [1.165, 1.54) is 22.3 Å². The molecule has 3 aliphatic rings. The summed E-state index contributed by atoms with van der Waals surface area (Å²) in [7, 11) is 6.01. The van der Waals surface area contributed by atoms with E-state index < -0.39 is 0 Å². The average Bonchev–Trinajstić information content (AvgIpc) is 4.04. The van der Waals surface area contributed by atoms with Gasteiger partial charge in [-0.05, 0) is 77.2 Å². The Labute approximate surface area is 468 Å². The minimum Gasteiger partial charge on any atom is -0.501 e. The molecule has 12 rings (SSSR count). The van der Waals surface area contributed by atoms with Crippen molar-refractivity contribution in [1.82, 2.24) is 34.9 Å². The van der Waals surface area contributed by atoms with Crippen LogP contribution >= 0.6 is 0 Å². The van der Waals surface area contributed by atoms with E-state index in [1.807, 2.05) is 177 Å². The average molecular weight is 1490 g/mol. The van der Waals surface area contributed by atoms with Gasteiger partial charge in [-0.15, -0.1) is 17.1 Å². The van der Waals surface area contributed by atoms with E-state index in [2.05, 4.69) is 104 Å². The van der Waals surface area contributed by atoms with Gasteiger partial charge >= 0.3 is 0 Å². The zero-order chi connectivity index (χ0) is 48.3. The van der Waals surface area contributed by atoms with Crippen LogP contribution in [0.3, 0.4) is 0 Å². The van der Waals surface area contributed by atoms with Crippen LogP contribution in [0, 0.1) is 65.9 Å². The monoisotopic (exact) mass is 1490 g/mol. The quantitative estimate of drug-likeness (QED) is 0.148. The third kappa shape index (κ3) is 11.1. The van der Waals surface area contributed by atoms with Gasteiger partial charge in [-0.2, -0.15) is 111 Å². The summed E-state index contributed by atoms with van der Waals surface area (Å²) in [5, 5.41) is 0. The van der Waals surface area contributed by atoms with Crippen LogP contribution in [0.2, 0.25) is 0 Å². The number of aryl methyl sites for hydroxylation is 4. The maximum Gasteiger partial charge on any atom is 0.161 e. The number of hydrogen-bond donors (Lipinski definition) is 0. The predicted octanol–water partition coefficient (Wildman–Crippen LogP) is 11.6. The first-order chi connectivity index (χ1) is 34.1. The second kappa shape index (κ2) is 23.9. The Morgan fingerprint density at radius 2 is 0.918 bits per heavy atom. The number of aromatic nitrogens is 7. The van der Waals surface area contributed by atoms with Gasteiger partial charge in [0.05, 0.1) is 35.1 Å². The van der Waals surface area contributed by atoms with Gasteiger partial charge in [-0.1, -0.05) is 42.5 Å². The van der Waals surface area contributed by atoms with Crippen LogP contribution in [0.4, 0.5) is 51.6 Å². The molecule has 4 aromatic heterocycles. The first kappa shape index (κ1) is 54.0. The number of hydrogen-bond acceptors (Lipinski definition) is 13. The first-order valence-corrected chi connectivity index (χ1v) is 22.8. The summed E-state index contributed by atoms with van der Waals surface area (Å²) in [6.45, 7) is 14.4. The van der Waals surface area contributed by atoms with Gasteiger partial charge in [0.15, 0.2) is 11.6 Å². The van der Waals surface area contributed by atoms with Crippen LogP contribution < -0.4 is 29.4 Å². The number of para-hydroxylation sites is 3. The molecule has 0 saturated carbocycles. The van der Waals surface area contributed by atoms with E-state index in [9.17, 15) is 0 Å². The van der Waals surface area contributed by atoms with Crippen molar-refractivity contribution in [2.75, 3.05) is 50.5 Å². The van der Waals surface area contributed by atoms with Crippen molar-refractivity contribution in [2.24, 2.45) is 0 Å². The Morgan fingerprint density at radius 1 is 0.438 bits per heavy atom. The molecule has 0 bridgehead atoms. The zero-order valence-electron chi connectivity index (χ0n) is 41.0. The van der Waals surface area contributed by atoms with Gasteiger partial charge in [-0.3, -0.25) is 4.98 Å². The van der Waals surface area contributed by atoms with Crippen LogP contribution in [-0.2, 0) is 60.3 Å². The predicted molar refractivity (Wildman–Crippen MR) is 280 cm³/mol. The molecule has 0 amide bonds. The number of nitrogens with zero attached hydrogens (tertiary/aromatic N) is 13. The number of anilines is 9. The van der Waals surface area contributed by atoms with Crippen LogP contribution in [0.15, 0.2) is 152 Å². The van der Waals surface area contributed by atoms with Crippen molar-refractivity contribution in [1.29, 1.82) is 0 Å². The molecule has 0 saturated heterocycles. The maximum atomic E-state index is 4.77. The molecule has 9 aromatic rings. The van der Waals surface area contributed by atoms with E-state index >= 15 is 0 Å². The van der Waals surface area contributed by atoms with Crippen molar-refractivity contribution in [3.63, 3.8) is 0 Å². The number of pyridine rings is 1. The maximum absolute atomic E-state index is 4.77. The second-order valence-electron chi connectivity index (χ2n) is 17.0. The molecule has 0 unspecified atom stereocenters. The molecule has 0 atom stereocenters. The summed E-state index contributed by atoms with van der Waals surface area (Å²) in [4.78, 5) is 44.1. The van der Waals surface area contributed by atoms with Gasteiger partial charge in [-0.25, -0.2) is 29.9 Å². The van der Waals surface area contributed by atoms with E-state index in [0.717, 1.165) is 79.8 Å². The molecule has 73 heavy (non-hydrogen) atoms. The van der Waals surface area contributed by atoms with Crippen LogP contribution in [0.25, 0.3) is 34.0 Å². The van der Waals surface area contributed by atoms with Gasteiger partial charge < -0.3 is 29.4 Å². The Kier molecular flexibility index (Phi) is 17.7. The number of benzene rings is 5. The summed E-state index contributed by atoms with van der Waals surface area (Å²) in [5.74, 6) is 4.12. The molecule has 7 heterocycles. The van der Waals surface area contributed by atoms with Crippen molar-refractivity contribution in [3.05, 3.63) is 213 Å². The normalized spacial score (nSPS) is 12.8. The summed E-state index contributed by atoms with van der Waals surface area (Å²) in [6.07, 6.45) is 8.97. The third-order valence-electron chi connectivity index (χ3n) is 12.2. The fourth-order valence-electron chi connectivity index (χ4n) is 8.67. The van der Waals surface area contributed by atoms with Crippen molar-refractivity contribution in [2.45, 2.75) is 27.7 Å². The van der Waals surface area contributed by atoms with Gasteiger partial charge in [0, 0.05) is 89.4 Å². The van der Waals surface area contributed by atoms with Gasteiger partial charge in [0.1, 0.15) is 23.8 Å². The Morgan fingerprint density at radius 3 is 1.42 bits per heavy atom. The smallest absolute Gasteiger partial charge is 0.161 e. The van der Waals surface area contributed by atoms with E-state index in [-0.39, 0.29) is 60.3 Å². The molecule has 13 nitrogen and oxygen atoms in total. The summed E-state index contributed by atoms with van der Waals surface area (Å²) in [6, 6.07) is 49.8. The van der Waals surface area contributed by atoms with Crippen molar-refractivity contribution < 1.29 is 60.3 Å².